The van der Waals surface area contributed by atoms with Crippen LogP contribution in [0.25, 0.3) is 0 Å². The zero-order valence-corrected chi connectivity index (χ0v) is 7.20. The molecule has 5 nitrogen and oxygen atoms in total. The molecule has 0 spiro atoms. The standard InChI is InChI=1S/C6H19N5/c1-3-4(5(7)8)6(9)11(2)10/h4-6H,3,7-10H2,1-2H3. The van der Waals surface area contributed by atoms with Crippen LogP contribution >= 0.6 is 0 Å². The van der Waals surface area contributed by atoms with Gasteiger partial charge in [0, 0.05) is 13.0 Å². The highest BCUT2D eigenvalue weighted by atomic mass is 15.4. The predicted octanol–water partition coefficient (Wildman–Crippen LogP) is -1.65. The normalized spacial score (nSPS) is 17.5. The second-order valence-electron chi connectivity index (χ2n) is 2.81. The van der Waals surface area contributed by atoms with E-state index in [0.29, 0.717) is 0 Å². The Morgan fingerprint density at radius 1 is 1.27 bits per heavy atom. The van der Waals surface area contributed by atoms with Crippen molar-refractivity contribution in [2.45, 2.75) is 25.7 Å². The fraction of sp³-hybridized carbons (Fsp3) is 1.00. The Morgan fingerprint density at radius 2 is 1.73 bits per heavy atom. The van der Waals surface area contributed by atoms with Crippen LogP contribution in [0.3, 0.4) is 0 Å². The van der Waals surface area contributed by atoms with Gasteiger partial charge in [0.15, 0.2) is 0 Å². The Kier molecular flexibility index (Phi) is 4.55. The highest BCUT2D eigenvalue weighted by Gasteiger charge is 2.21. The van der Waals surface area contributed by atoms with Gasteiger partial charge in [0.1, 0.15) is 0 Å². The molecule has 2 unspecified atom stereocenters. The summed E-state index contributed by atoms with van der Waals surface area (Å²) in [6, 6.07) is 0. The van der Waals surface area contributed by atoms with Crippen molar-refractivity contribution in [3.05, 3.63) is 0 Å². The van der Waals surface area contributed by atoms with E-state index in [-0.39, 0.29) is 12.1 Å². The Balaban J connectivity index is 4.02. The minimum atomic E-state index is -0.402. The van der Waals surface area contributed by atoms with Crippen LogP contribution in [0, 0.1) is 5.92 Å². The number of hydrazine groups is 1. The summed E-state index contributed by atoms with van der Waals surface area (Å²) in [5, 5.41) is 1.43. The van der Waals surface area contributed by atoms with Crippen molar-refractivity contribution in [2.24, 2.45) is 29.0 Å². The van der Waals surface area contributed by atoms with Crippen LogP contribution in [0.5, 0.6) is 0 Å². The first-order valence-electron chi connectivity index (χ1n) is 3.75. The predicted molar refractivity (Wildman–Crippen MR) is 45.9 cm³/mol. The molecule has 0 saturated carbocycles. The largest absolute Gasteiger partial charge is 0.316 e. The summed E-state index contributed by atoms with van der Waals surface area (Å²) >= 11 is 0. The highest BCUT2D eigenvalue weighted by Crippen LogP contribution is 2.08. The monoisotopic (exact) mass is 161 g/mol. The van der Waals surface area contributed by atoms with Gasteiger partial charge in [-0.15, -0.1) is 0 Å². The van der Waals surface area contributed by atoms with Gasteiger partial charge in [0.2, 0.25) is 0 Å². The molecule has 0 aromatic rings. The summed E-state index contributed by atoms with van der Waals surface area (Å²) in [7, 11) is 1.70. The topological polar surface area (TPSA) is 107 Å². The van der Waals surface area contributed by atoms with Crippen LogP contribution in [0.1, 0.15) is 13.3 Å². The van der Waals surface area contributed by atoms with Crippen molar-refractivity contribution in [1.29, 1.82) is 0 Å². The molecule has 0 aromatic carbocycles. The van der Waals surface area contributed by atoms with E-state index in [1.807, 2.05) is 6.92 Å². The average Bonchev–Trinajstić information content (AvgIpc) is 1.88. The molecule has 0 aliphatic rings. The highest BCUT2D eigenvalue weighted by molar-refractivity contribution is 4.74. The molecule has 0 aromatic heterocycles. The molecule has 11 heavy (non-hydrogen) atoms. The van der Waals surface area contributed by atoms with Gasteiger partial charge in [-0.25, -0.2) is 5.01 Å². The zero-order chi connectivity index (χ0) is 9.02. The number of nitrogens with zero attached hydrogens (tertiary/aromatic N) is 1. The minimum absolute atomic E-state index is 0.0463. The Labute approximate surface area is 67.7 Å². The lowest BCUT2D eigenvalue weighted by Crippen LogP contribution is -2.56. The van der Waals surface area contributed by atoms with Gasteiger partial charge >= 0.3 is 0 Å². The van der Waals surface area contributed by atoms with Crippen molar-refractivity contribution < 1.29 is 0 Å². The first kappa shape index (κ1) is 10.8. The maximum absolute atomic E-state index is 5.71. The summed E-state index contributed by atoms with van der Waals surface area (Å²) < 4.78 is 0. The molecule has 0 amide bonds. The lowest BCUT2D eigenvalue weighted by molar-refractivity contribution is 0.159. The van der Waals surface area contributed by atoms with Crippen LogP contribution in [0.4, 0.5) is 0 Å². The van der Waals surface area contributed by atoms with E-state index in [1.54, 1.807) is 7.05 Å². The Morgan fingerprint density at radius 3 is 1.82 bits per heavy atom. The van der Waals surface area contributed by atoms with E-state index in [1.165, 1.54) is 5.01 Å². The molecule has 0 saturated heterocycles. The maximum atomic E-state index is 5.71. The third-order valence-corrected chi connectivity index (χ3v) is 1.87. The van der Waals surface area contributed by atoms with Crippen molar-refractivity contribution in [1.82, 2.24) is 5.01 Å². The molecule has 5 heteroatoms. The third kappa shape index (κ3) is 3.13. The summed E-state index contributed by atoms with van der Waals surface area (Å²) in [4.78, 5) is 0. The lowest BCUT2D eigenvalue weighted by atomic mass is 10.0. The van der Waals surface area contributed by atoms with Gasteiger partial charge in [-0.2, -0.15) is 0 Å². The van der Waals surface area contributed by atoms with Crippen molar-refractivity contribution in [2.75, 3.05) is 7.05 Å². The molecule has 2 atom stereocenters. The third-order valence-electron chi connectivity index (χ3n) is 1.87. The van der Waals surface area contributed by atoms with Gasteiger partial charge in [-0.3, -0.25) is 5.84 Å². The summed E-state index contributed by atoms with van der Waals surface area (Å²) in [5.41, 5.74) is 16.7. The SMILES string of the molecule is CCC(C(N)N)C(N)N(C)N. The Bertz CT molecular complexity index is 103. The smallest absolute Gasteiger partial charge is 0.0758 e. The van der Waals surface area contributed by atoms with E-state index < -0.39 is 6.17 Å². The van der Waals surface area contributed by atoms with E-state index >= 15 is 0 Å². The summed E-state index contributed by atoms with van der Waals surface area (Å²) in [6.45, 7) is 1.99. The van der Waals surface area contributed by atoms with Gasteiger partial charge in [0.05, 0.1) is 12.3 Å². The molecular formula is C6H19N5. The number of hydrogen-bond donors (Lipinski definition) is 4. The summed E-state index contributed by atoms with van der Waals surface area (Å²) in [5.74, 6) is 5.49. The van der Waals surface area contributed by atoms with Gasteiger partial charge in [-0.1, -0.05) is 6.92 Å². The minimum Gasteiger partial charge on any atom is -0.316 e. The molecule has 0 aliphatic carbocycles. The molecular weight excluding hydrogens is 142 g/mol. The fourth-order valence-corrected chi connectivity index (χ4v) is 1.04. The summed E-state index contributed by atoms with van der Waals surface area (Å²) in [6.07, 6.45) is 0.168. The van der Waals surface area contributed by atoms with E-state index in [0.717, 1.165) is 6.42 Å². The van der Waals surface area contributed by atoms with E-state index in [4.69, 9.17) is 23.0 Å². The first-order valence-corrected chi connectivity index (χ1v) is 3.75. The Hall–Kier alpha value is -0.200. The molecule has 8 N–H and O–H groups in total. The quantitative estimate of drug-likeness (QED) is 0.224. The molecule has 68 valence electrons. The van der Waals surface area contributed by atoms with Gasteiger partial charge < -0.3 is 17.2 Å². The second kappa shape index (κ2) is 4.63. The van der Waals surface area contributed by atoms with Gasteiger partial charge in [0.25, 0.3) is 0 Å². The number of rotatable bonds is 4. The van der Waals surface area contributed by atoms with Crippen molar-refractivity contribution in [3.8, 4) is 0 Å². The maximum Gasteiger partial charge on any atom is 0.0758 e. The second-order valence-corrected chi connectivity index (χ2v) is 2.81. The number of nitrogens with two attached hydrogens (primary N) is 4. The van der Waals surface area contributed by atoms with Crippen LogP contribution in [-0.4, -0.2) is 24.4 Å². The molecule has 0 heterocycles. The van der Waals surface area contributed by atoms with Crippen LogP contribution in [0.2, 0.25) is 0 Å². The van der Waals surface area contributed by atoms with Crippen LogP contribution in [-0.2, 0) is 0 Å². The average molecular weight is 161 g/mol. The van der Waals surface area contributed by atoms with Crippen LogP contribution < -0.4 is 23.0 Å². The lowest BCUT2D eigenvalue weighted by Gasteiger charge is -2.29. The van der Waals surface area contributed by atoms with Crippen LogP contribution in [0.15, 0.2) is 0 Å². The first-order chi connectivity index (χ1) is 5.00. The van der Waals surface area contributed by atoms with Crippen molar-refractivity contribution in [3.63, 3.8) is 0 Å². The molecule has 0 rings (SSSR count). The number of hydrogen-bond acceptors (Lipinski definition) is 5. The molecule has 0 bridgehead atoms. The van der Waals surface area contributed by atoms with E-state index in [2.05, 4.69) is 0 Å². The van der Waals surface area contributed by atoms with Gasteiger partial charge in [-0.05, 0) is 6.42 Å². The fourth-order valence-electron chi connectivity index (χ4n) is 1.04. The molecule has 0 fully saturated rings. The zero-order valence-electron chi connectivity index (χ0n) is 7.20. The molecule has 0 radical (unpaired) electrons. The van der Waals surface area contributed by atoms with Crippen molar-refractivity contribution >= 4 is 0 Å². The van der Waals surface area contributed by atoms with E-state index in [9.17, 15) is 0 Å². The molecule has 0 aliphatic heterocycles.